The average molecular weight is 1260 g/mol. The third-order valence-corrected chi connectivity index (χ3v) is 20.5. The number of aliphatic hydroxyl groups is 1. The fourth-order valence-corrected chi connectivity index (χ4v) is 15.2. The number of amides is 4. The van der Waals surface area contributed by atoms with Crippen molar-refractivity contribution >= 4 is 101 Å². The summed E-state index contributed by atoms with van der Waals surface area (Å²) in [6, 6.07) is 30.7. The van der Waals surface area contributed by atoms with Gasteiger partial charge in [-0.25, -0.2) is 8.78 Å². The molecule has 2 aliphatic heterocycles. The van der Waals surface area contributed by atoms with Crippen LogP contribution in [-0.2, 0) is 32.0 Å². The first-order valence-corrected chi connectivity index (χ1v) is 32.5. The number of carbonyl (C=O) groups is 4. The molecule has 6 atom stereocenters. The number of ether oxygens (including phenoxy) is 1. The molecule has 7 aromatic rings. The van der Waals surface area contributed by atoms with Crippen LogP contribution >= 0.6 is 45.8 Å². The maximum absolute atomic E-state index is 14.3. The van der Waals surface area contributed by atoms with Gasteiger partial charge in [-0.15, -0.1) is 30.6 Å². The number of aromatic nitrogens is 6. The second-order valence-corrected chi connectivity index (χ2v) is 26.5. The van der Waals surface area contributed by atoms with Crippen molar-refractivity contribution in [3.63, 3.8) is 0 Å². The molecule has 3 aromatic heterocycles. The predicted molar refractivity (Wildman–Crippen MR) is 337 cm³/mol. The predicted octanol–water partition coefficient (Wildman–Crippen LogP) is 11.3. The van der Waals surface area contributed by atoms with Gasteiger partial charge in [0, 0.05) is 47.8 Å². The number of carbonyl (C=O) groups excluding carboxylic acids is 4. The number of allylic oxidation sites excluding steroid dienone is 2. The van der Waals surface area contributed by atoms with E-state index in [1.807, 2.05) is 64.4 Å². The number of nitrogens with one attached hydrogen (secondary N) is 4. The summed E-state index contributed by atoms with van der Waals surface area (Å²) in [5.74, 6) is -0.885. The van der Waals surface area contributed by atoms with E-state index < -0.39 is 36.4 Å². The second-order valence-electron chi connectivity index (χ2n) is 22.4. The lowest BCUT2D eigenvalue weighted by atomic mass is 9.80. The van der Waals surface area contributed by atoms with Crippen molar-refractivity contribution in [3.05, 3.63) is 151 Å². The summed E-state index contributed by atoms with van der Waals surface area (Å²) < 4.78 is 34.5. The van der Waals surface area contributed by atoms with Crippen LogP contribution in [0.15, 0.2) is 119 Å². The zero-order valence-electron chi connectivity index (χ0n) is 48.2. The Morgan fingerprint density at radius 1 is 0.655 bits per heavy atom. The molecule has 5 heterocycles. The Labute approximate surface area is 519 Å². The summed E-state index contributed by atoms with van der Waals surface area (Å²) in [5.41, 5.74) is 5.25. The molecule has 2 saturated carbocycles. The topological polar surface area (TPSA) is 242 Å². The first-order chi connectivity index (χ1) is 42.2. The molecule has 2 saturated heterocycles. The highest BCUT2D eigenvalue weighted by Crippen LogP contribution is 2.47. The van der Waals surface area contributed by atoms with Gasteiger partial charge >= 0.3 is 0 Å². The molecule has 6 unspecified atom stereocenters. The zero-order chi connectivity index (χ0) is 60.6. The summed E-state index contributed by atoms with van der Waals surface area (Å²) in [6.07, 6.45) is 2.59. The molecule has 87 heavy (non-hydrogen) atoms. The first kappa shape index (κ1) is 61.1. The van der Waals surface area contributed by atoms with Crippen molar-refractivity contribution in [1.29, 1.82) is 0 Å². The standard InChI is InChI=1S/C62H67F2N13O6S4/c1-4-35(2)53(84-59(65-3)66-49(78)26-36-13-11-20-46(23-36)76-31-44(63)32-76)40-18-12-19-41(28-40)56-70-73-60(85-56)67-50(79)27-37-24-47(77-33-45(64)34-77)30-48(25-37)83-52(39-16-9-6-10-17-39)55(82)69-62-75-72-58(87-62)43-22-21-42(29-43)57-71-74-61(86-57)68-54(81)51(80)38-14-7-5-8-15-38/h5-11,13-17,20,23-25,30,40-45,51-52,80H,4,12,18-19,21-22,26-29,31-34H2,1-3H3,(H,65,66,78)(H,67,73,79)(H,68,74,81)(H,69,75,82). The normalized spacial score (nSPS) is 20.0. The van der Waals surface area contributed by atoms with Gasteiger partial charge in [-0.2, -0.15) is 0 Å². The van der Waals surface area contributed by atoms with Gasteiger partial charge < -0.3 is 30.3 Å². The molecule has 4 aliphatic rings. The number of hydrogen-bond acceptors (Lipinski definition) is 19. The minimum Gasteiger partial charge on any atom is -0.476 e. The van der Waals surface area contributed by atoms with E-state index in [4.69, 9.17) is 4.74 Å². The fraction of sp³-hybridized carbons (Fsp3) is 0.403. The highest BCUT2D eigenvalue weighted by atomic mass is 32.2. The van der Waals surface area contributed by atoms with Gasteiger partial charge in [0.05, 0.1) is 39.0 Å². The van der Waals surface area contributed by atoms with Crippen LogP contribution in [0.3, 0.4) is 0 Å². The lowest BCUT2D eigenvalue weighted by molar-refractivity contribution is -0.124. The summed E-state index contributed by atoms with van der Waals surface area (Å²) in [6.45, 7) is 5.33. The number of aliphatic hydroxyl groups excluding tert-OH is 1. The lowest BCUT2D eigenvalue weighted by Gasteiger charge is -2.37. The number of nitrogens with zero attached hydrogens (tertiary/aromatic N) is 9. The van der Waals surface area contributed by atoms with Gasteiger partial charge in [0.25, 0.3) is 11.8 Å². The number of alkyl halides is 2. The van der Waals surface area contributed by atoms with Gasteiger partial charge in [-0.05, 0) is 104 Å². The van der Waals surface area contributed by atoms with Crippen LogP contribution in [0.4, 0.5) is 35.6 Å². The molecule has 11 rings (SSSR count). The van der Waals surface area contributed by atoms with Crippen LogP contribution in [0.2, 0.25) is 0 Å². The molecule has 5 N–H and O–H groups in total. The molecule has 454 valence electrons. The van der Waals surface area contributed by atoms with E-state index in [0.29, 0.717) is 61.8 Å². The van der Waals surface area contributed by atoms with Crippen LogP contribution in [0.25, 0.3) is 0 Å². The van der Waals surface area contributed by atoms with E-state index in [0.717, 1.165) is 77.6 Å². The van der Waals surface area contributed by atoms with Gasteiger partial charge in [-0.3, -0.25) is 34.8 Å². The molecule has 4 aromatic carbocycles. The molecule has 4 fully saturated rings. The summed E-state index contributed by atoms with van der Waals surface area (Å²) in [4.78, 5) is 63.9. The van der Waals surface area contributed by atoms with Crippen LogP contribution < -0.4 is 35.8 Å². The number of rotatable bonds is 21. The maximum Gasteiger partial charge on any atom is 0.272 e. The molecule has 25 heteroatoms. The minimum atomic E-state index is -1.34. The first-order valence-electron chi connectivity index (χ1n) is 29.2. The van der Waals surface area contributed by atoms with Crippen molar-refractivity contribution in [1.82, 2.24) is 35.9 Å². The van der Waals surface area contributed by atoms with Gasteiger partial charge in [0.2, 0.25) is 33.3 Å². The quantitative estimate of drug-likeness (QED) is 0.0332. The number of halogens is 2. The van der Waals surface area contributed by atoms with Crippen LogP contribution in [0.1, 0.15) is 132 Å². The highest BCUT2D eigenvalue weighted by Gasteiger charge is 2.35. The lowest BCUT2D eigenvalue weighted by Crippen LogP contribution is -2.48. The van der Waals surface area contributed by atoms with Gasteiger partial charge in [0.1, 0.15) is 33.1 Å². The smallest absolute Gasteiger partial charge is 0.272 e. The molecule has 0 spiro atoms. The summed E-state index contributed by atoms with van der Waals surface area (Å²) in [5, 5.41) is 52.4. The number of benzene rings is 4. The van der Waals surface area contributed by atoms with Crippen molar-refractivity contribution in [2.75, 3.05) is 59.0 Å². The largest absolute Gasteiger partial charge is 0.476 e. The Morgan fingerprint density at radius 2 is 1.22 bits per heavy atom. The second kappa shape index (κ2) is 28.1. The van der Waals surface area contributed by atoms with Crippen LogP contribution in [-0.4, -0.2) is 110 Å². The minimum absolute atomic E-state index is 0.0475. The van der Waals surface area contributed by atoms with Gasteiger partial charge in [-0.1, -0.05) is 137 Å². The Bertz CT molecular complexity index is 3630. The molecule has 19 nitrogen and oxygen atoms in total. The number of amidine groups is 1. The maximum atomic E-state index is 14.3. The third-order valence-electron chi connectivity index (χ3n) is 16.1. The van der Waals surface area contributed by atoms with Crippen molar-refractivity contribution in [2.24, 2.45) is 10.9 Å². The van der Waals surface area contributed by atoms with Crippen molar-refractivity contribution < 1.29 is 37.8 Å². The Morgan fingerprint density at radius 3 is 1.83 bits per heavy atom. The molecule has 2 aliphatic carbocycles. The van der Waals surface area contributed by atoms with Crippen molar-refractivity contribution in [3.8, 4) is 5.75 Å². The van der Waals surface area contributed by atoms with Crippen LogP contribution in [0, 0.1) is 5.92 Å². The fourth-order valence-electron chi connectivity index (χ4n) is 11.4. The monoisotopic (exact) mass is 1260 g/mol. The average Bonchev–Trinajstić information content (AvgIpc) is 3.90. The molecule has 4 amide bonds. The van der Waals surface area contributed by atoms with E-state index >= 15 is 0 Å². The number of thioether (sulfide) groups is 1. The number of anilines is 5. The third kappa shape index (κ3) is 15.4. The van der Waals surface area contributed by atoms with Crippen LogP contribution in [0.5, 0.6) is 5.75 Å². The molecular formula is C62H67F2N13O6S4. The number of aliphatic imine (C=N–C) groups is 1. The molecular weight excluding hydrogens is 1190 g/mol. The SMILES string of the molecule is CCC(C)=C(SC(=NC)NC(=O)Cc1cccc(N2CC(F)C2)c1)C1CCCC(c2nnc(NC(=O)Cc3cc(OC(C(=O)Nc4nnc(C5CCC(c6nnc(NC(=O)C(O)c7ccccc7)s6)C5)s4)c4ccccc4)cc(N4CC(F)C4)c3)s2)C1. The van der Waals surface area contributed by atoms with E-state index in [1.165, 1.54) is 56.3 Å². The Balaban J connectivity index is 0.707. The Hall–Kier alpha value is -7.58. The van der Waals surface area contributed by atoms with Crippen molar-refractivity contribution in [2.45, 2.75) is 120 Å². The highest BCUT2D eigenvalue weighted by molar-refractivity contribution is 8.17. The number of hydrogen-bond donors (Lipinski definition) is 5. The van der Waals surface area contributed by atoms with E-state index in [9.17, 15) is 33.1 Å². The van der Waals surface area contributed by atoms with E-state index in [2.05, 4.69) is 70.7 Å². The zero-order valence-corrected chi connectivity index (χ0v) is 51.5. The van der Waals surface area contributed by atoms with E-state index in [-0.39, 0.29) is 61.4 Å². The summed E-state index contributed by atoms with van der Waals surface area (Å²) in [7, 11) is 1.68. The van der Waals surface area contributed by atoms with Gasteiger partial charge in [0.15, 0.2) is 11.3 Å². The molecule has 0 radical (unpaired) electrons. The molecule has 0 bridgehead atoms. The van der Waals surface area contributed by atoms with E-state index in [1.54, 1.807) is 55.6 Å². The summed E-state index contributed by atoms with van der Waals surface area (Å²) >= 11 is 5.43. The Kier molecular flexibility index (Phi) is 19.7.